The fraction of sp³-hybridized carbons (Fsp3) is 0.467. The second-order valence-electron chi connectivity index (χ2n) is 5.12. The van der Waals surface area contributed by atoms with Crippen molar-refractivity contribution in [3.8, 4) is 0 Å². The molecule has 0 bridgehead atoms. The lowest BCUT2D eigenvalue weighted by Crippen LogP contribution is -2.43. The predicted molar refractivity (Wildman–Crippen MR) is 84.9 cm³/mol. The Labute approximate surface area is 135 Å². The van der Waals surface area contributed by atoms with Crippen LogP contribution in [-0.2, 0) is 9.53 Å². The molecule has 1 aromatic rings. The summed E-state index contributed by atoms with van der Waals surface area (Å²) in [7, 11) is 1.30. The minimum absolute atomic E-state index is 0.105. The number of urea groups is 1. The van der Waals surface area contributed by atoms with Crippen LogP contribution in [0.3, 0.4) is 0 Å². The van der Waals surface area contributed by atoms with Crippen molar-refractivity contribution in [3.63, 3.8) is 0 Å². The highest BCUT2D eigenvalue weighted by Crippen LogP contribution is 2.16. The van der Waals surface area contributed by atoms with Crippen LogP contribution in [-0.4, -0.2) is 48.3 Å². The number of aliphatic hydroxyl groups is 1. The van der Waals surface area contributed by atoms with E-state index in [0.29, 0.717) is 10.7 Å². The SMILES string of the molecule is COC(=O)C(C)CN(CC(C)O)C(=O)Nc1cccc(Cl)c1. The van der Waals surface area contributed by atoms with Gasteiger partial charge in [-0.05, 0) is 25.1 Å². The van der Waals surface area contributed by atoms with Crippen molar-refractivity contribution in [2.45, 2.75) is 20.0 Å². The minimum atomic E-state index is -0.713. The number of carbonyl (C=O) groups excluding carboxylic acids is 2. The summed E-state index contributed by atoms with van der Waals surface area (Å²) >= 11 is 5.87. The number of ether oxygens (including phenoxy) is 1. The summed E-state index contributed by atoms with van der Waals surface area (Å²) in [5.41, 5.74) is 0.541. The molecule has 2 unspecified atom stereocenters. The van der Waals surface area contributed by atoms with Gasteiger partial charge in [0.15, 0.2) is 0 Å². The third-order valence-corrected chi connectivity index (χ3v) is 3.18. The van der Waals surface area contributed by atoms with Crippen molar-refractivity contribution in [2.24, 2.45) is 5.92 Å². The monoisotopic (exact) mass is 328 g/mol. The average Bonchev–Trinajstić information content (AvgIpc) is 2.45. The number of benzene rings is 1. The number of anilines is 1. The number of rotatable bonds is 6. The number of hydrogen-bond acceptors (Lipinski definition) is 4. The number of halogens is 1. The molecule has 0 heterocycles. The third kappa shape index (κ3) is 5.91. The van der Waals surface area contributed by atoms with Gasteiger partial charge in [-0.3, -0.25) is 4.79 Å². The van der Waals surface area contributed by atoms with Crippen LogP contribution in [0.25, 0.3) is 0 Å². The van der Waals surface area contributed by atoms with Gasteiger partial charge in [0.1, 0.15) is 0 Å². The second-order valence-corrected chi connectivity index (χ2v) is 5.56. The van der Waals surface area contributed by atoms with Gasteiger partial charge in [0.25, 0.3) is 0 Å². The number of aliphatic hydroxyl groups excluding tert-OH is 1. The predicted octanol–water partition coefficient (Wildman–Crippen LogP) is 2.36. The number of amides is 2. The Hall–Kier alpha value is -1.79. The first-order valence-electron chi connectivity index (χ1n) is 6.91. The van der Waals surface area contributed by atoms with Crippen LogP contribution >= 0.6 is 11.6 Å². The van der Waals surface area contributed by atoms with E-state index in [0.717, 1.165) is 0 Å². The number of esters is 1. The van der Waals surface area contributed by atoms with E-state index in [9.17, 15) is 14.7 Å². The van der Waals surface area contributed by atoms with Crippen molar-refractivity contribution in [1.29, 1.82) is 0 Å². The molecule has 0 spiro atoms. The van der Waals surface area contributed by atoms with Gasteiger partial charge in [-0.2, -0.15) is 0 Å². The first-order valence-corrected chi connectivity index (χ1v) is 7.28. The first kappa shape index (κ1) is 18.3. The quantitative estimate of drug-likeness (QED) is 0.786. The second kappa shape index (κ2) is 8.60. The molecule has 0 saturated heterocycles. The molecular formula is C15H21ClN2O4. The lowest BCUT2D eigenvalue weighted by Gasteiger charge is -2.26. The van der Waals surface area contributed by atoms with Crippen LogP contribution in [0, 0.1) is 5.92 Å². The Morgan fingerprint density at radius 2 is 2.05 bits per heavy atom. The number of nitrogens with zero attached hydrogens (tertiary/aromatic N) is 1. The van der Waals surface area contributed by atoms with Gasteiger partial charge in [-0.15, -0.1) is 0 Å². The fourth-order valence-electron chi connectivity index (χ4n) is 1.93. The van der Waals surface area contributed by atoms with Gasteiger partial charge in [0, 0.05) is 23.8 Å². The van der Waals surface area contributed by atoms with Crippen molar-refractivity contribution in [3.05, 3.63) is 29.3 Å². The topological polar surface area (TPSA) is 78.9 Å². The van der Waals surface area contributed by atoms with Crippen molar-refractivity contribution >= 4 is 29.3 Å². The lowest BCUT2D eigenvalue weighted by molar-refractivity contribution is -0.145. The van der Waals surface area contributed by atoms with Gasteiger partial charge < -0.3 is 20.1 Å². The summed E-state index contributed by atoms with van der Waals surface area (Å²) < 4.78 is 4.65. The van der Waals surface area contributed by atoms with Crippen LogP contribution in [0.4, 0.5) is 10.5 Å². The molecule has 22 heavy (non-hydrogen) atoms. The van der Waals surface area contributed by atoms with Crippen LogP contribution < -0.4 is 5.32 Å². The van der Waals surface area contributed by atoms with Gasteiger partial charge >= 0.3 is 12.0 Å². The Kier molecular flexibility index (Phi) is 7.14. The first-order chi connectivity index (χ1) is 10.3. The Morgan fingerprint density at radius 1 is 1.36 bits per heavy atom. The van der Waals surface area contributed by atoms with Crippen LogP contribution in [0.5, 0.6) is 0 Å². The third-order valence-electron chi connectivity index (χ3n) is 2.95. The summed E-state index contributed by atoms with van der Waals surface area (Å²) in [5, 5.41) is 12.7. The number of carbonyl (C=O) groups is 2. The van der Waals surface area contributed by atoms with Crippen LogP contribution in [0.1, 0.15) is 13.8 Å². The maximum absolute atomic E-state index is 12.3. The largest absolute Gasteiger partial charge is 0.469 e. The van der Waals surface area contributed by atoms with Crippen molar-refractivity contribution < 1.29 is 19.4 Å². The molecule has 2 amide bonds. The molecule has 0 saturated carbocycles. The van der Waals surface area contributed by atoms with E-state index in [1.807, 2.05) is 0 Å². The van der Waals surface area contributed by atoms with E-state index < -0.39 is 24.0 Å². The average molecular weight is 329 g/mol. The van der Waals surface area contributed by atoms with Gasteiger partial charge in [-0.25, -0.2) is 4.79 Å². The van der Waals surface area contributed by atoms with E-state index >= 15 is 0 Å². The highest BCUT2D eigenvalue weighted by Gasteiger charge is 2.22. The normalized spacial score (nSPS) is 13.1. The number of nitrogens with one attached hydrogen (secondary N) is 1. The van der Waals surface area contributed by atoms with E-state index in [-0.39, 0.29) is 13.1 Å². The zero-order chi connectivity index (χ0) is 16.7. The maximum Gasteiger partial charge on any atom is 0.321 e. The van der Waals surface area contributed by atoms with E-state index in [1.54, 1.807) is 38.1 Å². The molecule has 1 aromatic carbocycles. The molecule has 0 fully saturated rings. The highest BCUT2D eigenvalue weighted by atomic mass is 35.5. The molecule has 6 nitrogen and oxygen atoms in total. The summed E-state index contributed by atoms with van der Waals surface area (Å²) in [6.45, 7) is 3.48. The van der Waals surface area contributed by atoms with Crippen LogP contribution in [0.2, 0.25) is 5.02 Å². The Morgan fingerprint density at radius 3 is 2.59 bits per heavy atom. The van der Waals surface area contributed by atoms with E-state index in [1.165, 1.54) is 12.0 Å². The zero-order valence-corrected chi connectivity index (χ0v) is 13.6. The molecule has 2 atom stereocenters. The van der Waals surface area contributed by atoms with Gasteiger partial charge in [0.05, 0.1) is 19.1 Å². The summed E-state index contributed by atoms with van der Waals surface area (Å²) in [6, 6.07) is 6.31. The Balaban J connectivity index is 2.77. The highest BCUT2D eigenvalue weighted by molar-refractivity contribution is 6.30. The molecule has 0 aliphatic rings. The standard InChI is InChI=1S/C15H21ClN2O4/c1-10(14(20)22-3)8-18(9-11(2)19)15(21)17-13-6-4-5-12(16)7-13/h4-7,10-11,19H,8-9H2,1-3H3,(H,17,21). The summed E-state index contributed by atoms with van der Waals surface area (Å²) in [6.07, 6.45) is -0.713. The molecule has 0 aromatic heterocycles. The van der Waals surface area contributed by atoms with E-state index in [2.05, 4.69) is 10.1 Å². The maximum atomic E-state index is 12.3. The summed E-state index contributed by atoms with van der Waals surface area (Å²) in [4.78, 5) is 25.2. The lowest BCUT2D eigenvalue weighted by atomic mass is 10.1. The smallest absolute Gasteiger partial charge is 0.321 e. The van der Waals surface area contributed by atoms with Crippen molar-refractivity contribution in [1.82, 2.24) is 4.90 Å². The van der Waals surface area contributed by atoms with Crippen molar-refractivity contribution in [2.75, 3.05) is 25.5 Å². The number of hydrogen-bond donors (Lipinski definition) is 2. The van der Waals surface area contributed by atoms with Gasteiger partial charge in [0.2, 0.25) is 0 Å². The fourth-order valence-corrected chi connectivity index (χ4v) is 2.12. The molecule has 1 rings (SSSR count). The molecular weight excluding hydrogens is 308 g/mol. The Bertz CT molecular complexity index is 522. The minimum Gasteiger partial charge on any atom is -0.469 e. The molecule has 0 radical (unpaired) electrons. The molecule has 122 valence electrons. The zero-order valence-electron chi connectivity index (χ0n) is 12.9. The number of methoxy groups -OCH3 is 1. The van der Waals surface area contributed by atoms with Gasteiger partial charge in [-0.1, -0.05) is 24.6 Å². The molecule has 2 N–H and O–H groups in total. The van der Waals surface area contributed by atoms with Crippen LogP contribution in [0.15, 0.2) is 24.3 Å². The van der Waals surface area contributed by atoms with E-state index in [4.69, 9.17) is 11.6 Å². The molecule has 0 aliphatic carbocycles. The molecule has 0 aliphatic heterocycles. The molecule has 7 heteroatoms. The summed E-state index contributed by atoms with van der Waals surface area (Å²) in [5.74, 6) is -0.903.